The summed E-state index contributed by atoms with van der Waals surface area (Å²) in [5, 5.41) is 1.52. The summed E-state index contributed by atoms with van der Waals surface area (Å²) in [6.45, 7) is 8.69. The normalized spacial score (nSPS) is 25.0. The Labute approximate surface area is 197 Å². The molecular weight excluding hydrogens is 418 g/mol. The highest BCUT2D eigenvalue weighted by atomic mass is 16.7. The lowest BCUT2D eigenvalue weighted by Gasteiger charge is -2.47. The zero-order valence-electron chi connectivity index (χ0n) is 20.2. The van der Waals surface area contributed by atoms with E-state index in [2.05, 4.69) is 34.1 Å². The Morgan fingerprint density at radius 3 is 2.30 bits per heavy atom. The summed E-state index contributed by atoms with van der Waals surface area (Å²) in [5.41, 5.74) is 0.927. The van der Waals surface area contributed by atoms with Crippen molar-refractivity contribution in [3.63, 3.8) is 0 Å². The van der Waals surface area contributed by atoms with E-state index in [0.29, 0.717) is 12.6 Å². The number of hydrogen-bond donors (Lipinski definition) is 0. The van der Waals surface area contributed by atoms with Crippen LogP contribution in [-0.4, -0.2) is 79.1 Å². The second-order valence-corrected chi connectivity index (χ2v) is 10.5. The third kappa shape index (κ3) is 5.31. The van der Waals surface area contributed by atoms with Crippen molar-refractivity contribution in [1.29, 1.82) is 0 Å². The van der Waals surface area contributed by atoms with E-state index in [4.69, 9.17) is 14.3 Å². The molecule has 5 rings (SSSR count). The number of hydrogen-bond acceptors (Lipinski definition) is 6. The van der Waals surface area contributed by atoms with Gasteiger partial charge in [-0.05, 0) is 76.6 Å². The minimum absolute atomic E-state index is 0.0137. The van der Waals surface area contributed by atoms with Gasteiger partial charge in [0.25, 0.3) is 5.91 Å². The van der Waals surface area contributed by atoms with E-state index in [1.54, 1.807) is 0 Å². The summed E-state index contributed by atoms with van der Waals surface area (Å²) < 4.78 is 12.3. The van der Waals surface area contributed by atoms with Crippen LogP contribution in [0.15, 0.2) is 24.3 Å². The molecule has 0 N–H and O–H groups in total. The number of ether oxygens (including phenoxy) is 2. The first-order valence-electron chi connectivity index (χ1n) is 12.9. The lowest BCUT2D eigenvalue weighted by molar-refractivity contribution is -0.248. The van der Waals surface area contributed by atoms with Crippen molar-refractivity contribution in [3.8, 4) is 5.75 Å². The molecule has 0 aromatic heterocycles. The van der Waals surface area contributed by atoms with Crippen LogP contribution in [0.25, 0.3) is 0 Å². The number of nitrogens with zero attached hydrogens (tertiary/aromatic N) is 3. The summed E-state index contributed by atoms with van der Waals surface area (Å²) in [6, 6.07) is 9.43. The molecule has 1 saturated carbocycles. The van der Waals surface area contributed by atoms with Gasteiger partial charge >= 0.3 is 0 Å². The molecule has 3 saturated heterocycles. The molecule has 0 unspecified atom stereocenters. The summed E-state index contributed by atoms with van der Waals surface area (Å²) in [5.74, 6) is 0.894. The Morgan fingerprint density at radius 2 is 1.70 bits per heavy atom. The SMILES string of the molecule is CC(C)ON1CC2(CCN(c3ccc(OC4CCN(C5CCC5)CC4)cc3)CC2)OCC1=O. The first-order chi connectivity index (χ1) is 16.0. The molecule has 1 amide bonds. The molecule has 7 heteroatoms. The fourth-order valence-electron chi connectivity index (χ4n) is 5.55. The van der Waals surface area contributed by atoms with Crippen LogP contribution in [0, 0.1) is 0 Å². The van der Waals surface area contributed by atoms with E-state index in [1.807, 2.05) is 13.8 Å². The zero-order valence-corrected chi connectivity index (χ0v) is 20.2. The van der Waals surface area contributed by atoms with Crippen LogP contribution >= 0.6 is 0 Å². The van der Waals surface area contributed by atoms with Crippen molar-refractivity contribution < 1.29 is 19.1 Å². The predicted octanol–water partition coefficient (Wildman–Crippen LogP) is 3.62. The van der Waals surface area contributed by atoms with E-state index < -0.39 is 0 Å². The standard InChI is InChI=1S/C26H39N3O4/c1-20(2)33-29-19-26(31-18-25(29)30)12-16-28(17-13-26)22-6-8-23(9-7-22)32-24-10-14-27(15-11-24)21-4-3-5-21/h6-9,20-21,24H,3-5,10-19H2,1-2H3. The Kier molecular flexibility index (Phi) is 6.81. The van der Waals surface area contributed by atoms with Crippen LogP contribution in [0.5, 0.6) is 5.75 Å². The van der Waals surface area contributed by atoms with Crippen molar-refractivity contribution in [2.24, 2.45) is 0 Å². The quantitative estimate of drug-likeness (QED) is 0.650. The highest BCUT2D eigenvalue weighted by Gasteiger charge is 2.43. The van der Waals surface area contributed by atoms with E-state index >= 15 is 0 Å². The average molecular weight is 458 g/mol. The van der Waals surface area contributed by atoms with Gasteiger partial charge in [0.1, 0.15) is 18.5 Å². The number of amides is 1. The van der Waals surface area contributed by atoms with Gasteiger partial charge in [-0.15, -0.1) is 0 Å². The fraction of sp³-hybridized carbons (Fsp3) is 0.731. The molecule has 7 nitrogen and oxygen atoms in total. The third-order valence-corrected chi connectivity index (χ3v) is 7.80. The van der Waals surface area contributed by atoms with Gasteiger partial charge in [0.2, 0.25) is 0 Å². The average Bonchev–Trinajstić information content (AvgIpc) is 2.78. The van der Waals surface area contributed by atoms with Crippen LogP contribution in [0.4, 0.5) is 5.69 Å². The van der Waals surface area contributed by atoms with Gasteiger partial charge in [-0.2, -0.15) is 0 Å². The lowest BCUT2D eigenvalue weighted by atomic mass is 9.89. The predicted molar refractivity (Wildman–Crippen MR) is 127 cm³/mol. The smallest absolute Gasteiger partial charge is 0.272 e. The molecule has 1 aliphatic carbocycles. The fourth-order valence-corrected chi connectivity index (χ4v) is 5.55. The number of carbonyl (C=O) groups excluding carboxylic acids is 1. The van der Waals surface area contributed by atoms with Crippen molar-refractivity contribution in [1.82, 2.24) is 9.96 Å². The highest BCUT2D eigenvalue weighted by Crippen LogP contribution is 2.34. The number of carbonyl (C=O) groups is 1. The molecule has 1 aromatic rings. The van der Waals surface area contributed by atoms with Crippen LogP contribution in [0.2, 0.25) is 0 Å². The Morgan fingerprint density at radius 1 is 1.00 bits per heavy atom. The number of piperidine rings is 2. The van der Waals surface area contributed by atoms with Crippen LogP contribution in [0.1, 0.15) is 58.8 Å². The molecule has 182 valence electrons. The second-order valence-electron chi connectivity index (χ2n) is 10.5. The Hall–Kier alpha value is -1.83. The van der Waals surface area contributed by atoms with E-state index in [-0.39, 0.29) is 24.2 Å². The topological polar surface area (TPSA) is 54.5 Å². The molecule has 4 aliphatic rings. The molecule has 1 aromatic carbocycles. The molecule has 0 radical (unpaired) electrons. The first kappa shape index (κ1) is 22.9. The molecular formula is C26H39N3O4. The van der Waals surface area contributed by atoms with E-state index in [0.717, 1.165) is 50.6 Å². The number of anilines is 1. The Balaban J connectivity index is 1.10. The van der Waals surface area contributed by atoms with Gasteiger partial charge in [-0.3, -0.25) is 9.63 Å². The molecule has 4 fully saturated rings. The van der Waals surface area contributed by atoms with Gasteiger partial charge < -0.3 is 19.3 Å². The van der Waals surface area contributed by atoms with Crippen molar-refractivity contribution in [3.05, 3.63) is 24.3 Å². The number of morpholine rings is 1. The maximum absolute atomic E-state index is 12.1. The van der Waals surface area contributed by atoms with Crippen molar-refractivity contribution in [2.45, 2.75) is 82.6 Å². The maximum atomic E-state index is 12.1. The van der Waals surface area contributed by atoms with Crippen molar-refractivity contribution in [2.75, 3.05) is 44.2 Å². The number of benzene rings is 1. The summed E-state index contributed by atoms with van der Waals surface area (Å²) >= 11 is 0. The minimum Gasteiger partial charge on any atom is -0.490 e. The van der Waals surface area contributed by atoms with Gasteiger partial charge in [-0.1, -0.05) is 6.42 Å². The lowest BCUT2D eigenvalue weighted by Crippen LogP contribution is -2.59. The summed E-state index contributed by atoms with van der Waals surface area (Å²) in [6.07, 6.45) is 8.54. The van der Waals surface area contributed by atoms with Gasteiger partial charge in [0.05, 0.1) is 18.2 Å². The molecule has 33 heavy (non-hydrogen) atoms. The van der Waals surface area contributed by atoms with Crippen LogP contribution in [0.3, 0.4) is 0 Å². The van der Waals surface area contributed by atoms with Gasteiger partial charge in [-0.25, -0.2) is 5.06 Å². The highest BCUT2D eigenvalue weighted by molar-refractivity contribution is 5.77. The molecule has 0 atom stereocenters. The largest absolute Gasteiger partial charge is 0.490 e. The van der Waals surface area contributed by atoms with Crippen molar-refractivity contribution >= 4 is 11.6 Å². The first-order valence-corrected chi connectivity index (χ1v) is 12.9. The number of rotatable bonds is 6. The van der Waals surface area contributed by atoms with Gasteiger partial charge in [0.15, 0.2) is 0 Å². The Bertz CT molecular complexity index is 794. The summed E-state index contributed by atoms with van der Waals surface area (Å²) in [7, 11) is 0. The van der Waals surface area contributed by atoms with Crippen LogP contribution in [-0.2, 0) is 14.4 Å². The molecule has 1 spiro atoms. The second kappa shape index (κ2) is 9.80. The maximum Gasteiger partial charge on any atom is 0.272 e. The van der Waals surface area contributed by atoms with Gasteiger partial charge in [0, 0.05) is 37.9 Å². The molecule has 3 aliphatic heterocycles. The third-order valence-electron chi connectivity index (χ3n) is 7.80. The molecule has 3 heterocycles. The number of likely N-dealkylation sites (tertiary alicyclic amines) is 1. The van der Waals surface area contributed by atoms with Crippen LogP contribution < -0.4 is 9.64 Å². The summed E-state index contributed by atoms with van der Waals surface area (Å²) in [4.78, 5) is 22.9. The minimum atomic E-state index is -0.295. The zero-order chi connectivity index (χ0) is 22.8. The van der Waals surface area contributed by atoms with E-state index in [9.17, 15) is 4.79 Å². The molecule has 0 bridgehead atoms. The van der Waals surface area contributed by atoms with E-state index in [1.165, 1.54) is 43.1 Å². The monoisotopic (exact) mass is 457 g/mol. The number of hydroxylamine groups is 2.